The van der Waals surface area contributed by atoms with Gasteiger partial charge in [-0.05, 0) is 30.7 Å². The number of halogens is 6. The summed E-state index contributed by atoms with van der Waals surface area (Å²) in [7, 11) is 0. The number of nitrogens with zero attached hydrogens (tertiary/aromatic N) is 1. The maximum atomic E-state index is 13.3. The summed E-state index contributed by atoms with van der Waals surface area (Å²) < 4.78 is 3.69. The van der Waals surface area contributed by atoms with Crippen LogP contribution in [0.25, 0.3) is 0 Å². The van der Waals surface area contributed by atoms with Crippen molar-refractivity contribution < 1.29 is 14.3 Å². The summed E-state index contributed by atoms with van der Waals surface area (Å²) in [6, 6.07) is 6.61. The van der Waals surface area contributed by atoms with E-state index in [1.54, 1.807) is 24.3 Å². The fourth-order valence-electron chi connectivity index (χ4n) is 4.28. The smallest absolute Gasteiger partial charge is 0.240 e. The first kappa shape index (κ1) is 21.9. The number of unbranched alkanes of at least 4 members (excludes halogenated alkanes) is 1. The van der Waals surface area contributed by atoms with E-state index < -0.39 is 37.7 Å². The third-order valence-electron chi connectivity index (χ3n) is 5.77. The van der Waals surface area contributed by atoms with E-state index in [9.17, 15) is 9.59 Å². The van der Waals surface area contributed by atoms with Gasteiger partial charge in [-0.15, -0.1) is 23.2 Å². The average Bonchev–Trinajstić information content (AvgIpc) is 3.07. The summed E-state index contributed by atoms with van der Waals surface area (Å²) >= 11 is 38.9. The lowest BCUT2D eigenvalue weighted by molar-refractivity contribution is -0.123. The predicted molar refractivity (Wildman–Crippen MR) is 117 cm³/mol. The number of amides is 2. The van der Waals surface area contributed by atoms with Gasteiger partial charge in [-0.25, -0.2) is 4.90 Å². The van der Waals surface area contributed by atoms with Crippen molar-refractivity contribution in [3.05, 3.63) is 34.3 Å². The van der Waals surface area contributed by atoms with E-state index in [0.29, 0.717) is 18.0 Å². The second-order valence-electron chi connectivity index (χ2n) is 7.29. The standard InChI is InChI=1S/C19H15Cl6NO3/c1-2-3-8-29-10-6-4-9(5-7-10)26-15(27)11-12(16(26)28)18(23)14(21)13(20)17(11,22)19(18,24)25/h4-7,11-12H,2-3,8H2,1H3/t11-,12-,17-,18-/m1/s1. The number of anilines is 1. The molecule has 1 aromatic rings. The number of fused-ring (bicyclic) bond motifs is 5. The van der Waals surface area contributed by atoms with Gasteiger partial charge in [-0.2, -0.15) is 0 Å². The van der Waals surface area contributed by atoms with Crippen LogP contribution in [0.1, 0.15) is 19.8 Å². The number of imide groups is 1. The van der Waals surface area contributed by atoms with Gasteiger partial charge in [-0.3, -0.25) is 9.59 Å². The number of carbonyl (C=O) groups excluding carboxylic acids is 2. The Morgan fingerprint density at radius 2 is 1.41 bits per heavy atom. The summed E-state index contributed by atoms with van der Waals surface area (Å²) in [5.74, 6) is -2.80. The Morgan fingerprint density at radius 1 is 0.931 bits per heavy atom. The zero-order chi connectivity index (χ0) is 21.4. The lowest BCUT2D eigenvalue weighted by atomic mass is 9.84. The molecule has 0 spiro atoms. The molecule has 0 aromatic heterocycles. The molecule has 156 valence electrons. The van der Waals surface area contributed by atoms with Crippen LogP contribution in [0.4, 0.5) is 5.69 Å². The third-order valence-corrected chi connectivity index (χ3v) is 10.0. The van der Waals surface area contributed by atoms with Gasteiger partial charge in [0.05, 0.1) is 34.2 Å². The molecule has 0 radical (unpaired) electrons. The molecule has 2 amide bonds. The molecule has 1 aliphatic heterocycles. The van der Waals surface area contributed by atoms with Crippen molar-refractivity contribution in [1.29, 1.82) is 0 Å². The second-order valence-corrected chi connectivity index (χ2v) is 10.6. The van der Waals surface area contributed by atoms with E-state index in [-0.39, 0.29) is 10.1 Å². The van der Waals surface area contributed by atoms with Crippen LogP contribution >= 0.6 is 69.6 Å². The van der Waals surface area contributed by atoms with Crippen LogP contribution in [0.3, 0.4) is 0 Å². The number of hydrogen-bond acceptors (Lipinski definition) is 3. The molecular formula is C19H15Cl6NO3. The van der Waals surface area contributed by atoms with E-state index in [4.69, 9.17) is 74.3 Å². The highest BCUT2D eigenvalue weighted by Gasteiger charge is 2.87. The monoisotopic (exact) mass is 515 g/mol. The molecule has 2 fully saturated rings. The molecule has 29 heavy (non-hydrogen) atoms. The minimum atomic E-state index is -1.93. The molecule has 3 aliphatic rings. The van der Waals surface area contributed by atoms with Gasteiger partial charge in [-0.1, -0.05) is 59.7 Å². The SMILES string of the molecule is CCCCOc1ccc(N2C(=O)[C@H]3[C@H](C2=O)[C@@]2(Cl)C(Cl)=C(Cl)[C@@]3(Cl)C2(Cl)Cl)cc1. The minimum Gasteiger partial charge on any atom is -0.494 e. The van der Waals surface area contributed by atoms with Crippen molar-refractivity contribution in [2.75, 3.05) is 11.5 Å². The fourth-order valence-corrected chi connectivity index (χ4v) is 7.20. The van der Waals surface area contributed by atoms with Gasteiger partial charge in [0.1, 0.15) is 15.5 Å². The van der Waals surface area contributed by atoms with Crippen LogP contribution in [-0.4, -0.2) is 32.5 Å². The lowest BCUT2D eigenvalue weighted by Crippen LogP contribution is -2.50. The highest BCUT2D eigenvalue weighted by molar-refractivity contribution is 6.67. The first-order valence-electron chi connectivity index (χ1n) is 8.97. The molecule has 10 heteroatoms. The van der Waals surface area contributed by atoms with E-state index in [0.717, 1.165) is 17.7 Å². The number of alkyl halides is 4. The van der Waals surface area contributed by atoms with Crippen molar-refractivity contribution in [3.8, 4) is 5.75 Å². The maximum absolute atomic E-state index is 13.3. The molecule has 4 atom stereocenters. The Labute approximate surface area is 197 Å². The molecule has 0 N–H and O–H groups in total. The Morgan fingerprint density at radius 3 is 1.86 bits per heavy atom. The van der Waals surface area contributed by atoms with Crippen LogP contribution in [0.15, 0.2) is 34.3 Å². The molecule has 4 nitrogen and oxygen atoms in total. The van der Waals surface area contributed by atoms with Crippen molar-refractivity contribution in [1.82, 2.24) is 0 Å². The predicted octanol–water partition coefficient (Wildman–Crippen LogP) is 5.82. The largest absolute Gasteiger partial charge is 0.494 e. The van der Waals surface area contributed by atoms with E-state index in [1.807, 2.05) is 0 Å². The summed E-state index contributed by atoms with van der Waals surface area (Å²) in [6.07, 6.45) is 1.94. The molecule has 4 rings (SSSR count). The van der Waals surface area contributed by atoms with Crippen LogP contribution in [0, 0.1) is 11.8 Å². The summed E-state index contributed by atoms with van der Waals surface area (Å²) in [6.45, 7) is 2.65. The highest BCUT2D eigenvalue weighted by Crippen LogP contribution is 2.77. The van der Waals surface area contributed by atoms with Crippen molar-refractivity contribution in [2.45, 2.75) is 33.8 Å². The third kappa shape index (κ3) is 2.54. The maximum Gasteiger partial charge on any atom is 0.240 e. The zero-order valence-corrected chi connectivity index (χ0v) is 19.6. The number of hydrogen-bond donors (Lipinski definition) is 0. The summed E-state index contributed by atoms with van der Waals surface area (Å²) in [5.41, 5.74) is 0.360. The van der Waals surface area contributed by atoms with E-state index in [1.165, 1.54) is 0 Å². The topological polar surface area (TPSA) is 46.6 Å². The van der Waals surface area contributed by atoms with Gasteiger partial charge >= 0.3 is 0 Å². The van der Waals surface area contributed by atoms with E-state index in [2.05, 4.69) is 6.92 Å². The highest BCUT2D eigenvalue weighted by atomic mass is 35.5. The first-order chi connectivity index (χ1) is 13.5. The molecular weight excluding hydrogens is 503 g/mol. The fraction of sp³-hybridized carbons (Fsp3) is 0.474. The van der Waals surface area contributed by atoms with Gasteiger partial charge in [0, 0.05) is 0 Å². The first-order valence-corrected chi connectivity index (χ1v) is 11.2. The average molecular weight is 518 g/mol. The molecule has 1 heterocycles. The number of ether oxygens (including phenoxy) is 1. The quantitative estimate of drug-likeness (QED) is 0.281. The zero-order valence-electron chi connectivity index (χ0n) is 15.0. The number of allylic oxidation sites excluding steroid dienone is 2. The van der Waals surface area contributed by atoms with Gasteiger partial charge < -0.3 is 4.74 Å². The van der Waals surface area contributed by atoms with Gasteiger partial charge in [0.25, 0.3) is 0 Å². The van der Waals surface area contributed by atoms with Gasteiger partial charge in [0.2, 0.25) is 11.8 Å². The molecule has 1 aromatic carbocycles. The Bertz CT molecular complexity index is 886. The summed E-state index contributed by atoms with van der Waals surface area (Å²) in [5, 5.41) is -0.213. The molecule has 0 unspecified atom stereocenters. The molecule has 1 saturated carbocycles. The number of rotatable bonds is 5. The Kier molecular flexibility index (Phi) is 5.34. The molecule has 2 aliphatic carbocycles. The second kappa shape index (κ2) is 7.08. The minimum absolute atomic E-state index is 0.107. The summed E-state index contributed by atoms with van der Waals surface area (Å²) in [4.78, 5) is 24.0. The Balaban J connectivity index is 1.69. The van der Waals surface area contributed by atoms with Crippen molar-refractivity contribution in [3.63, 3.8) is 0 Å². The van der Waals surface area contributed by atoms with Crippen LogP contribution in [-0.2, 0) is 9.59 Å². The molecule has 1 saturated heterocycles. The van der Waals surface area contributed by atoms with Crippen LogP contribution in [0.2, 0.25) is 0 Å². The van der Waals surface area contributed by atoms with Crippen LogP contribution in [0.5, 0.6) is 5.75 Å². The number of benzene rings is 1. The van der Waals surface area contributed by atoms with E-state index >= 15 is 0 Å². The number of carbonyl (C=O) groups is 2. The Hall–Kier alpha value is -0.360. The molecule has 2 bridgehead atoms. The van der Waals surface area contributed by atoms with Crippen molar-refractivity contribution in [2.24, 2.45) is 11.8 Å². The lowest BCUT2D eigenvalue weighted by Gasteiger charge is -2.34. The van der Waals surface area contributed by atoms with Crippen molar-refractivity contribution >= 4 is 87.1 Å². The van der Waals surface area contributed by atoms with Gasteiger partial charge in [0.15, 0.2) is 4.33 Å². The van der Waals surface area contributed by atoms with Crippen LogP contribution < -0.4 is 9.64 Å². The normalized spacial score (nSPS) is 34.9.